The highest BCUT2D eigenvalue weighted by Crippen LogP contribution is 2.14. The average Bonchev–Trinajstić information content (AvgIpc) is 2.75. The predicted octanol–water partition coefficient (Wildman–Crippen LogP) is 1.95. The largest absolute Gasteiger partial charge is 0.361 e. The van der Waals surface area contributed by atoms with E-state index in [0.717, 1.165) is 31.1 Å². The highest BCUT2D eigenvalue weighted by atomic mass is 16.5. The summed E-state index contributed by atoms with van der Waals surface area (Å²) in [5, 5.41) is 7.57. The van der Waals surface area contributed by atoms with Crippen LogP contribution in [0.2, 0.25) is 0 Å². The zero-order valence-corrected chi connectivity index (χ0v) is 10.9. The van der Waals surface area contributed by atoms with Crippen LogP contribution in [0.25, 0.3) is 0 Å². The Balaban J connectivity index is 1.95. The van der Waals surface area contributed by atoms with E-state index in [4.69, 9.17) is 4.52 Å². The standard InChI is InChI=1S/C13H23N3O/c1-3-7-16(13-5-4-6-14-9-13)10-12-8-11(2)17-15-12/h8,13-14H,3-7,9-10H2,1-2H3. The summed E-state index contributed by atoms with van der Waals surface area (Å²) in [5.41, 5.74) is 1.06. The minimum Gasteiger partial charge on any atom is -0.361 e. The number of piperidine rings is 1. The molecule has 1 N–H and O–H groups in total. The Morgan fingerprint density at radius 1 is 1.59 bits per heavy atom. The Labute approximate surface area is 103 Å². The second-order valence-electron chi connectivity index (χ2n) is 4.90. The molecule has 4 heteroatoms. The maximum Gasteiger partial charge on any atom is 0.133 e. The molecular weight excluding hydrogens is 214 g/mol. The molecule has 4 nitrogen and oxygen atoms in total. The van der Waals surface area contributed by atoms with Gasteiger partial charge in [-0.1, -0.05) is 12.1 Å². The van der Waals surface area contributed by atoms with E-state index < -0.39 is 0 Å². The van der Waals surface area contributed by atoms with Crippen molar-refractivity contribution in [2.24, 2.45) is 0 Å². The number of aromatic nitrogens is 1. The predicted molar refractivity (Wildman–Crippen MR) is 67.8 cm³/mol. The molecule has 0 radical (unpaired) electrons. The van der Waals surface area contributed by atoms with E-state index in [1.54, 1.807) is 0 Å². The first-order valence-corrected chi connectivity index (χ1v) is 6.66. The molecule has 0 aliphatic carbocycles. The average molecular weight is 237 g/mol. The number of nitrogens with one attached hydrogen (secondary N) is 1. The summed E-state index contributed by atoms with van der Waals surface area (Å²) >= 11 is 0. The van der Waals surface area contributed by atoms with Gasteiger partial charge in [0.25, 0.3) is 0 Å². The van der Waals surface area contributed by atoms with Gasteiger partial charge in [0, 0.05) is 25.2 Å². The van der Waals surface area contributed by atoms with Gasteiger partial charge in [0.15, 0.2) is 0 Å². The maximum atomic E-state index is 5.14. The highest BCUT2D eigenvalue weighted by Gasteiger charge is 2.21. The second kappa shape index (κ2) is 6.17. The van der Waals surface area contributed by atoms with Crippen molar-refractivity contribution in [2.45, 2.75) is 45.7 Å². The second-order valence-corrected chi connectivity index (χ2v) is 4.90. The van der Waals surface area contributed by atoms with E-state index in [-0.39, 0.29) is 0 Å². The molecule has 17 heavy (non-hydrogen) atoms. The Kier molecular flexibility index (Phi) is 4.57. The summed E-state index contributed by atoms with van der Waals surface area (Å²) in [6, 6.07) is 2.69. The van der Waals surface area contributed by atoms with Gasteiger partial charge in [-0.25, -0.2) is 0 Å². The summed E-state index contributed by atoms with van der Waals surface area (Å²) in [5.74, 6) is 0.901. The molecule has 1 atom stereocenters. The molecule has 1 aromatic rings. The van der Waals surface area contributed by atoms with E-state index in [2.05, 4.69) is 22.3 Å². The van der Waals surface area contributed by atoms with Crippen LogP contribution in [0, 0.1) is 6.92 Å². The zero-order chi connectivity index (χ0) is 12.1. The third-order valence-corrected chi connectivity index (χ3v) is 3.34. The quantitative estimate of drug-likeness (QED) is 0.850. The van der Waals surface area contributed by atoms with Gasteiger partial charge in [0.1, 0.15) is 5.76 Å². The van der Waals surface area contributed by atoms with Crippen LogP contribution in [-0.4, -0.2) is 35.7 Å². The first kappa shape index (κ1) is 12.6. The van der Waals surface area contributed by atoms with Gasteiger partial charge < -0.3 is 9.84 Å². The van der Waals surface area contributed by atoms with Crippen molar-refractivity contribution in [1.29, 1.82) is 0 Å². The fourth-order valence-corrected chi connectivity index (χ4v) is 2.52. The van der Waals surface area contributed by atoms with Gasteiger partial charge in [-0.15, -0.1) is 0 Å². The molecule has 1 aliphatic rings. The van der Waals surface area contributed by atoms with E-state index >= 15 is 0 Å². The molecule has 1 fully saturated rings. The molecule has 0 saturated carbocycles. The molecule has 1 aromatic heterocycles. The van der Waals surface area contributed by atoms with Crippen molar-refractivity contribution in [3.05, 3.63) is 17.5 Å². The number of hydrogen-bond donors (Lipinski definition) is 1. The summed E-state index contributed by atoms with van der Waals surface area (Å²) in [6.07, 6.45) is 3.76. The minimum atomic E-state index is 0.653. The van der Waals surface area contributed by atoms with Crippen LogP contribution in [-0.2, 0) is 6.54 Å². The summed E-state index contributed by atoms with van der Waals surface area (Å²) in [7, 11) is 0. The number of rotatable bonds is 5. The molecule has 96 valence electrons. The van der Waals surface area contributed by atoms with Gasteiger partial charge >= 0.3 is 0 Å². The molecule has 2 heterocycles. The normalized spacial score (nSPS) is 21.0. The molecule has 0 spiro atoms. The lowest BCUT2D eigenvalue weighted by atomic mass is 10.1. The van der Waals surface area contributed by atoms with Crippen LogP contribution in [0.5, 0.6) is 0 Å². The van der Waals surface area contributed by atoms with Crippen molar-refractivity contribution in [1.82, 2.24) is 15.4 Å². The number of nitrogens with zero attached hydrogens (tertiary/aromatic N) is 2. The van der Waals surface area contributed by atoms with Crippen LogP contribution in [0.1, 0.15) is 37.6 Å². The van der Waals surface area contributed by atoms with Gasteiger partial charge in [-0.3, -0.25) is 4.90 Å². The smallest absolute Gasteiger partial charge is 0.133 e. The molecule has 1 aliphatic heterocycles. The molecule has 0 bridgehead atoms. The van der Waals surface area contributed by atoms with Crippen LogP contribution >= 0.6 is 0 Å². The SMILES string of the molecule is CCCN(Cc1cc(C)on1)C1CCCNC1. The molecular formula is C13H23N3O. The van der Waals surface area contributed by atoms with Gasteiger partial charge in [0.2, 0.25) is 0 Å². The molecule has 2 rings (SSSR count). The Hall–Kier alpha value is -0.870. The summed E-state index contributed by atoms with van der Waals surface area (Å²) < 4.78 is 5.14. The fraction of sp³-hybridized carbons (Fsp3) is 0.769. The molecule has 1 saturated heterocycles. The van der Waals surface area contributed by atoms with Gasteiger partial charge in [-0.05, 0) is 39.3 Å². The van der Waals surface area contributed by atoms with Crippen molar-refractivity contribution in [3.63, 3.8) is 0 Å². The van der Waals surface area contributed by atoms with E-state index in [1.807, 2.05) is 13.0 Å². The Bertz CT molecular complexity index is 331. The minimum absolute atomic E-state index is 0.653. The first-order chi connectivity index (χ1) is 8.29. The van der Waals surface area contributed by atoms with Crippen LogP contribution < -0.4 is 5.32 Å². The van der Waals surface area contributed by atoms with Crippen molar-refractivity contribution < 1.29 is 4.52 Å². The lowest BCUT2D eigenvalue weighted by molar-refractivity contribution is 0.154. The van der Waals surface area contributed by atoms with E-state index in [0.29, 0.717) is 6.04 Å². The number of aryl methyl sites for hydroxylation is 1. The highest BCUT2D eigenvalue weighted by molar-refractivity contribution is 5.03. The van der Waals surface area contributed by atoms with Crippen molar-refractivity contribution in [2.75, 3.05) is 19.6 Å². The maximum absolute atomic E-state index is 5.14. The number of hydrogen-bond acceptors (Lipinski definition) is 4. The van der Waals surface area contributed by atoms with Gasteiger partial charge in [0.05, 0.1) is 5.69 Å². The Morgan fingerprint density at radius 3 is 3.06 bits per heavy atom. The van der Waals surface area contributed by atoms with Crippen LogP contribution in [0.15, 0.2) is 10.6 Å². The van der Waals surface area contributed by atoms with Crippen LogP contribution in [0.3, 0.4) is 0 Å². The zero-order valence-electron chi connectivity index (χ0n) is 10.9. The van der Waals surface area contributed by atoms with Crippen molar-refractivity contribution >= 4 is 0 Å². The van der Waals surface area contributed by atoms with E-state index in [1.165, 1.54) is 25.8 Å². The van der Waals surface area contributed by atoms with Crippen LogP contribution in [0.4, 0.5) is 0 Å². The lowest BCUT2D eigenvalue weighted by Crippen LogP contribution is -2.45. The third kappa shape index (κ3) is 3.54. The van der Waals surface area contributed by atoms with E-state index in [9.17, 15) is 0 Å². The lowest BCUT2D eigenvalue weighted by Gasteiger charge is -2.33. The Morgan fingerprint density at radius 2 is 2.47 bits per heavy atom. The van der Waals surface area contributed by atoms with Gasteiger partial charge in [-0.2, -0.15) is 0 Å². The van der Waals surface area contributed by atoms with Crippen molar-refractivity contribution in [3.8, 4) is 0 Å². The fourth-order valence-electron chi connectivity index (χ4n) is 2.52. The first-order valence-electron chi connectivity index (χ1n) is 6.66. The monoisotopic (exact) mass is 237 g/mol. The molecule has 0 amide bonds. The summed E-state index contributed by atoms with van der Waals surface area (Å²) in [6.45, 7) is 8.51. The summed E-state index contributed by atoms with van der Waals surface area (Å²) in [4.78, 5) is 2.53. The molecule has 0 aromatic carbocycles. The molecule has 1 unspecified atom stereocenters. The third-order valence-electron chi connectivity index (χ3n) is 3.34. The topological polar surface area (TPSA) is 41.3 Å².